The Bertz CT molecular complexity index is 1260. The van der Waals surface area contributed by atoms with E-state index in [1.54, 1.807) is 14.2 Å². The number of halogens is 1. The maximum Gasteiger partial charge on any atom is 0.260 e. The fraction of sp³-hybridized carbons (Fsp3) is 0.182. The number of nitrogens with zero attached hydrogens (tertiary/aromatic N) is 1. The first kappa shape index (κ1) is 19.7. The van der Waals surface area contributed by atoms with E-state index in [2.05, 4.69) is 27.0 Å². The Morgan fingerprint density at radius 3 is 2.62 bits per heavy atom. The van der Waals surface area contributed by atoms with Gasteiger partial charge in [0.05, 0.1) is 19.6 Å². The Morgan fingerprint density at radius 2 is 1.86 bits per heavy atom. The zero-order valence-electron chi connectivity index (χ0n) is 16.2. The van der Waals surface area contributed by atoms with Crippen LogP contribution in [0.1, 0.15) is 17.0 Å². The van der Waals surface area contributed by atoms with E-state index in [1.807, 2.05) is 42.6 Å². The van der Waals surface area contributed by atoms with E-state index in [-0.39, 0.29) is 5.56 Å². The maximum absolute atomic E-state index is 12.9. The van der Waals surface area contributed by atoms with Crippen LogP contribution in [0.5, 0.6) is 11.5 Å². The molecule has 148 valence electrons. The number of aromatic nitrogens is 2. The van der Waals surface area contributed by atoms with E-state index in [0.29, 0.717) is 29.1 Å². The number of thiophene rings is 1. The summed E-state index contributed by atoms with van der Waals surface area (Å²) in [7, 11) is 3.20. The lowest BCUT2D eigenvalue weighted by atomic mass is 10.0. The quantitative estimate of drug-likeness (QED) is 0.428. The number of H-pyrrole nitrogens is 1. The minimum atomic E-state index is -0.130. The second kappa shape index (κ2) is 8.00. The molecule has 29 heavy (non-hydrogen) atoms. The summed E-state index contributed by atoms with van der Waals surface area (Å²) in [5.74, 6) is 1.93. The van der Waals surface area contributed by atoms with E-state index in [4.69, 9.17) is 14.5 Å². The SMILES string of the molecule is COc1ccc(Cc2nc3scc(-c4cc(C)ccc4Br)c3c(=O)[nH]2)cc1OC. The molecule has 5 nitrogen and oxygen atoms in total. The van der Waals surface area contributed by atoms with E-state index in [1.165, 1.54) is 11.3 Å². The number of hydrogen-bond acceptors (Lipinski definition) is 5. The molecule has 0 saturated carbocycles. The van der Waals surface area contributed by atoms with Crippen LogP contribution < -0.4 is 15.0 Å². The molecule has 0 aliphatic carbocycles. The molecule has 4 rings (SSSR count). The molecule has 2 heterocycles. The number of nitrogens with one attached hydrogen (secondary N) is 1. The van der Waals surface area contributed by atoms with Crippen molar-refractivity contribution in [3.8, 4) is 22.6 Å². The number of aromatic amines is 1. The summed E-state index contributed by atoms with van der Waals surface area (Å²) in [6.07, 6.45) is 0.493. The van der Waals surface area contributed by atoms with Crippen molar-refractivity contribution >= 4 is 37.5 Å². The Hall–Kier alpha value is -2.64. The van der Waals surface area contributed by atoms with E-state index in [9.17, 15) is 4.79 Å². The Kier molecular flexibility index (Phi) is 5.43. The highest BCUT2D eigenvalue weighted by atomic mass is 79.9. The van der Waals surface area contributed by atoms with Gasteiger partial charge in [-0.15, -0.1) is 11.3 Å². The normalized spacial score (nSPS) is 11.0. The lowest BCUT2D eigenvalue weighted by Gasteiger charge is -2.09. The maximum atomic E-state index is 12.9. The first-order chi connectivity index (χ1) is 14.0. The van der Waals surface area contributed by atoms with Gasteiger partial charge in [-0.3, -0.25) is 4.79 Å². The van der Waals surface area contributed by atoms with Gasteiger partial charge in [0.2, 0.25) is 0 Å². The summed E-state index contributed by atoms with van der Waals surface area (Å²) in [4.78, 5) is 21.3. The van der Waals surface area contributed by atoms with E-state index in [0.717, 1.165) is 31.6 Å². The fourth-order valence-electron chi connectivity index (χ4n) is 3.30. The van der Waals surface area contributed by atoms with Crippen LogP contribution in [0, 0.1) is 6.92 Å². The van der Waals surface area contributed by atoms with Gasteiger partial charge in [-0.05, 0) is 36.2 Å². The minimum absolute atomic E-state index is 0.130. The highest BCUT2D eigenvalue weighted by molar-refractivity contribution is 9.10. The van der Waals surface area contributed by atoms with Crippen molar-refractivity contribution in [2.75, 3.05) is 14.2 Å². The molecule has 0 radical (unpaired) electrons. The third-order valence-electron chi connectivity index (χ3n) is 4.72. The number of methoxy groups -OCH3 is 2. The minimum Gasteiger partial charge on any atom is -0.493 e. The molecule has 0 fully saturated rings. The van der Waals surface area contributed by atoms with Crippen LogP contribution in [0.25, 0.3) is 21.3 Å². The predicted octanol–water partition coefficient (Wildman–Crippen LogP) is 5.33. The fourth-order valence-corrected chi connectivity index (χ4v) is 4.72. The van der Waals surface area contributed by atoms with Crippen molar-refractivity contribution in [1.82, 2.24) is 9.97 Å². The molecule has 2 aromatic heterocycles. The lowest BCUT2D eigenvalue weighted by Crippen LogP contribution is -2.11. The molecule has 0 bridgehead atoms. The summed E-state index contributed by atoms with van der Waals surface area (Å²) in [5, 5.41) is 2.62. The van der Waals surface area contributed by atoms with Gasteiger partial charge in [-0.1, -0.05) is 39.7 Å². The topological polar surface area (TPSA) is 64.2 Å². The third kappa shape index (κ3) is 3.80. The Morgan fingerprint density at radius 1 is 1.07 bits per heavy atom. The van der Waals surface area contributed by atoms with Gasteiger partial charge in [0.15, 0.2) is 11.5 Å². The number of benzene rings is 2. The number of hydrogen-bond donors (Lipinski definition) is 1. The van der Waals surface area contributed by atoms with Crippen molar-refractivity contribution in [3.63, 3.8) is 0 Å². The molecule has 7 heteroatoms. The standard InChI is InChI=1S/C22H19BrN2O3S/c1-12-4-6-16(23)14(8-12)15-11-29-22-20(15)21(26)24-19(25-22)10-13-5-7-17(27-2)18(9-13)28-3/h4-9,11H,10H2,1-3H3,(H,24,25,26). The molecule has 0 unspecified atom stereocenters. The molecule has 0 aliphatic heterocycles. The van der Waals surface area contributed by atoms with Crippen LogP contribution in [0.4, 0.5) is 0 Å². The van der Waals surface area contributed by atoms with Crippen molar-refractivity contribution in [1.29, 1.82) is 0 Å². The summed E-state index contributed by atoms with van der Waals surface area (Å²) < 4.78 is 11.6. The van der Waals surface area contributed by atoms with Gasteiger partial charge in [0.1, 0.15) is 10.7 Å². The third-order valence-corrected chi connectivity index (χ3v) is 6.29. The van der Waals surface area contributed by atoms with Crippen molar-refractivity contribution in [3.05, 3.63) is 73.6 Å². The number of rotatable bonds is 5. The van der Waals surface area contributed by atoms with Gasteiger partial charge >= 0.3 is 0 Å². The van der Waals surface area contributed by atoms with Gasteiger partial charge in [-0.2, -0.15) is 0 Å². The van der Waals surface area contributed by atoms with Gasteiger partial charge in [0, 0.05) is 21.8 Å². The molecule has 0 aliphatic rings. The van der Waals surface area contributed by atoms with Crippen molar-refractivity contribution in [2.45, 2.75) is 13.3 Å². The van der Waals surface area contributed by atoms with Crippen molar-refractivity contribution < 1.29 is 9.47 Å². The smallest absolute Gasteiger partial charge is 0.260 e. The zero-order chi connectivity index (χ0) is 20.5. The van der Waals surface area contributed by atoms with Crippen LogP contribution >= 0.6 is 27.3 Å². The molecule has 2 aromatic carbocycles. The van der Waals surface area contributed by atoms with Crippen LogP contribution in [-0.4, -0.2) is 24.2 Å². The van der Waals surface area contributed by atoms with Crippen LogP contribution in [-0.2, 0) is 6.42 Å². The molecular formula is C22H19BrN2O3S. The summed E-state index contributed by atoms with van der Waals surface area (Å²) >= 11 is 5.08. The Balaban J connectivity index is 1.74. The molecule has 0 atom stereocenters. The van der Waals surface area contributed by atoms with E-state index < -0.39 is 0 Å². The molecule has 0 amide bonds. The molecule has 1 N–H and O–H groups in total. The zero-order valence-corrected chi connectivity index (χ0v) is 18.6. The van der Waals surface area contributed by atoms with Crippen LogP contribution in [0.2, 0.25) is 0 Å². The Labute approximate surface area is 180 Å². The summed E-state index contributed by atoms with van der Waals surface area (Å²) in [5.41, 5.74) is 3.87. The van der Waals surface area contributed by atoms with E-state index >= 15 is 0 Å². The molecule has 4 aromatic rings. The highest BCUT2D eigenvalue weighted by Crippen LogP contribution is 2.36. The van der Waals surface area contributed by atoms with Gasteiger partial charge in [0.25, 0.3) is 5.56 Å². The first-order valence-corrected chi connectivity index (χ1v) is 10.6. The largest absolute Gasteiger partial charge is 0.493 e. The molecule has 0 spiro atoms. The molecular weight excluding hydrogens is 452 g/mol. The second-order valence-electron chi connectivity index (χ2n) is 6.69. The lowest BCUT2D eigenvalue weighted by molar-refractivity contribution is 0.354. The molecule has 0 saturated heterocycles. The van der Waals surface area contributed by atoms with Gasteiger partial charge < -0.3 is 14.5 Å². The average Bonchev–Trinajstić information content (AvgIpc) is 3.14. The van der Waals surface area contributed by atoms with Crippen LogP contribution in [0.15, 0.2) is 51.0 Å². The summed E-state index contributed by atoms with van der Waals surface area (Å²) in [6, 6.07) is 11.8. The monoisotopic (exact) mass is 470 g/mol. The average molecular weight is 471 g/mol. The number of fused-ring (bicyclic) bond motifs is 1. The highest BCUT2D eigenvalue weighted by Gasteiger charge is 2.15. The van der Waals surface area contributed by atoms with Crippen LogP contribution in [0.3, 0.4) is 0 Å². The number of aryl methyl sites for hydroxylation is 1. The summed E-state index contributed by atoms with van der Waals surface area (Å²) in [6.45, 7) is 2.04. The predicted molar refractivity (Wildman–Crippen MR) is 120 cm³/mol. The number of ether oxygens (including phenoxy) is 2. The van der Waals surface area contributed by atoms with Gasteiger partial charge in [-0.25, -0.2) is 4.98 Å². The second-order valence-corrected chi connectivity index (χ2v) is 8.40. The van der Waals surface area contributed by atoms with Crippen molar-refractivity contribution in [2.24, 2.45) is 0 Å². The first-order valence-electron chi connectivity index (χ1n) is 8.98.